The molecule has 0 N–H and O–H groups in total. The van der Waals surface area contributed by atoms with Crippen molar-refractivity contribution in [2.45, 2.75) is 122 Å². The van der Waals surface area contributed by atoms with Crippen molar-refractivity contribution in [3.63, 3.8) is 0 Å². The molecule has 0 amide bonds. The average Bonchev–Trinajstić information content (AvgIpc) is 3.91. The lowest BCUT2D eigenvalue weighted by Crippen LogP contribution is -2.52. The highest BCUT2D eigenvalue weighted by molar-refractivity contribution is 6.85. The van der Waals surface area contributed by atoms with Crippen molar-refractivity contribution in [2.75, 3.05) is 0 Å². The molecule has 3 aliphatic carbocycles. The summed E-state index contributed by atoms with van der Waals surface area (Å²) < 4.78 is 2.88. The van der Waals surface area contributed by atoms with E-state index in [1.807, 2.05) is 0 Å². The van der Waals surface area contributed by atoms with Crippen LogP contribution in [0.25, 0.3) is 71.5 Å². The fourth-order valence-corrected chi connectivity index (χ4v) is 15.1. The molecule has 0 fully saturated rings. The quantitative estimate of drug-likeness (QED) is 0.152. The molecule has 14 rings (SSSR count). The van der Waals surface area contributed by atoms with Crippen molar-refractivity contribution < 1.29 is 0 Å². The second kappa shape index (κ2) is 13.9. The number of nitrogens with zero attached hydrogens (tertiary/aromatic N) is 1. The smallest absolute Gasteiger partial charge is 0.326 e. The molecule has 0 bridgehead atoms. The van der Waals surface area contributed by atoms with Crippen LogP contribution in [0.1, 0.15) is 144 Å². The van der Waals surface area contributed by atoms with Gasteiger partial charge in [0.25, 0.3) is 0 Å². The largest absolute Gasteiger partial charge is 0.375 e. The molecule has 2 heteroatoms. The molecule has 3 heterocycles. The Morgan fingerprint density at radius 2 is 1.22 bits per heavy atom. The third kappa shape index (κ3) is 5.34. The summed E-state index contributed by atoms with van der Waals surface area (Å²) in [6.07, 6.45) is 5.84. The molecular weight excluding hydrogens is 830 g/mol. The highest BCUT2D eigenvalue weighted by Gasteiger charge is 2.57. The maximum absolute atomic E-state index is 2.88. The van der Waals surface area contributed by atoms with Gasteiger partial charge in [0.15, 0.2) is 0 Å². The zero-order valence-electron chi connectivity index (χ0n) is 42.0. The lowest BCUT2D eigenvalue weighted by Gasteiger charge is -2.44. The molecular formula is C67H62BN. The van der Waals surface area contributed by atoms with Crippen molar-refractivity contribution in [2.24, 2.45) is 0 Å². The van der Waals surface area contributed by atoms with Crippen molar-refractivity contribution in [1.29, 1.82) is 0 Å². The second-order valence-electron chi connectivity index (χ2n) is 24.0. The zero-order chi connectivity index (χ0) is 47.1. The Bertz CT molecular complexity index is 3770. The van der Waals surface area contributed by atoms with Crippen LogP contribution in [0.5, 0.6) is 0 Å². The van der Waals surface area contributed by atoms with Crippen LogP contribution in [-0.2, 0) is 28.1 Å². The molecule has 2 aliphatic heterocycles. The predicted molar refractivity (Wildman–Crippen MR) is 295 cm³/mol. The van der Waals surface area contributed by atoms with Crippen LogP contribution < -0.4 is 5.46 Å². The first kappa shape index (κ1) is 41.6. The van der Waals surface area contributed by atoms with E-state index in [1.54, 1.807) is 22.2 Å². The van der Waals surface area contributed by atoms with Crippen molar-refractivity contribution in [1.82, 2.24) is 4.48 Å². The number of hydrogen-bond acceptors (Lipinski definition) is 0. The van der Waals surface area contributed by atoms with Gasteiger partial charge < -0.3 is 4.48 Å². The molecule has 338 valence electrons. The molecule has 8 aromatic carbocycles. The molecule has 0 spiro atoms. The number of rotatable bonds is 5. The van der Waals surface area contributed by atoms with E-state index in [4.69, 9.17) is 0 Å². The van der Waals surface area contributed by atoms with Gasteiger partial charge in [0.1, 0.15) is 0 Å². The minimum absolute atomic E-state index is 0.0124. The fourth-order valence-electron chi connectivity index (χ4n) is 15.1. The summed E-state index contributed by atoms with van der Waals surface area (Å²) in [5.41, 5.74) is 28.7. The number of para-hydroxylation sites is 1. The van der Waals surface area contributed by atoms with Gasteiger partial charge in [0.05, 0.1) is 0 Å². The molecule has 1 atom stereocenters. The van der Waals surface area contributed by atoms with Gasteiger partial charge in [0.2, 0.25) is 0 Å². The van der Waals surface area contributed by atoms with Crippen molar-refractivity contribution >= 4 is 50.5 Å². The summed E-state index contributed by atoms with van der Waals surface area (Å²) in [6, 6.07) is 57.8. The summed E-state index contributed by atoms with van der Waals surface area (Å²) in [6.45, 7) is 22.6. The van der Waals surface area contributed by atoms with E-state index >= 15 is 0 Å². The van der Waals surface area contributed by atoms with Crippen LogP contribution >= 0.6 is 0 Å². The van der Waals surface area contributed by atoms with E-state index in [2.05, 4.69) is 212 Å². The van der Waals surface area contributed by atoms with Gasteiger partial charge in [-0.05, 0) is 137 Å². The number of hydrogen-bond donors (Lipinski definition) is 0. The first-order chi connectivity index (χ1) is 33.2. The zero-order valence-corrected chi connectivity index (χ0v) is 42.0. The van der Waals surface area contributed by atoms with Gasteiger partial charge in [-0.2, -0.15) is 0 Å². The molecule has 69 heavy (non-hydrogen) atoms. The molecule has 1 unspecified atom stereocenters. The van der Waals surface area contributed by atoms with Crippen LogP contribution in [0.15, 0.2) is 151 Å². The van der Waals surface area contributed by atoms with Gasteiger partial charge in [-0.3, -0.25) is 0 Å². The van der Waals surface area contributed by atoms with E-state index < -0.39 is 0 Å². The van der Waals surface area contributed by atoms with E-state index in [0.717, 1.165) is 6.42 Å². The summed E-state index contributed by atoms with van der Waals surface area (Å²) in [4.78, 5) is 0. The third-order valence-corrected chi connectivity index (χ3v) is 18.6. The Morgan fingerprint density at radius 3 is 2.01 bits per heavy atom. The van der Waals surface area contributed by atoms with Gasteiger partial charge in [0, 0.05) is 49.5 Å². The third-order valence-electron chi connectivity index (χ3n) is 18.6. The number of fused-ring (bicyclic) bond motifs is 15. The highest BCUT2D eigenvalue weighted by Crippen LogP contribution is 2.64. The lowest BCUT2D eigenvalue weighted by atomic mass is 9.37. The molecule has 0 saturated heterocycles. The Morgan fingerprint density at radius 1 is 0.522 bits per heavy atom. The van der Waals surface area contributed by atoms with E-state index in [9.17, 15) is 0 Å². The molecule has 1 nitrogen and oxygen atoms in total. The van der Waals surface area contributed by atoms with E-state index in [-0.39, 0.29) is 34.4 Å². The second-order valence-corrected chi connectivity index (χ2v) is 24.0. The number of aryl methyl sites for hydroxylation is 1. The lowest BCUT2D eigenvalue weighted by molar-refractivity contribution is 0.331. The van der Waals surface area contributed by atoms with Crippen molar-refractivity contribution in [3.8, 4) is 33.4 Å². The molecule has 0 radical (unpaired) electrons. The standard InChI is InChI=1S/C67H62BN/c1-10-11-20-39-29-31-44(48(35-39)40-21-13-12-14-22-40)56-57-51-37-54-55(65(4,5)34-33-64(54,2)3)38-53(51)67(8,9)63(57)68-60-50(36-49-43-25-17-18-28-52(43)66(6,7)59(49)58(56)60)46-27-19-26-45-47-32-30-41-23-15-16-24-42(41)61(47)69(68)62(45)46/h12-19,21-32,35-38,56H,10-11,20,33-34H2,1-9H3. The summed E-state index contributed by atoms with van der Waals surface area (Å²) >= 11 is 0. The average molecular weight is 892 g/mol. The van der Waals surface area contributed by atoms with Crippen LogP contribution in [0.4, 0.5) is 0 Å². The highest BCUT2D eigenvalue weighted by atomic mass is 14.9. The van der Waals surface area contributed by atoms with Crippen LogP contribution in [0.3, 0.4) is 0 Å². The SMILES string of the molecule is CCCCc1ccc(C2C3=C(B4c5c(cc6c(c52)C(C)(C)c2ccccc2-6)-c2cccc5c6ccc7ccccc7c6n4c25)C(C)(C)c2cc4c(cc23)C(C)(C)CCC4(C)C)c(-c2ccccc2)c1. The Hall–Kier alpha value is -6.38. The fraction of sp³-hybridized carbons (Fsp3) is 0.284. The topological polar surface area (TPSA) is 4.93 Å². The first-order valence-electron chi connectivity index (χ1n) is 26.1. The van der Waals surface area contributed by atoms with Crippen molar-refractivity contribution in [3.05, 3.63) is 201 Å². The van der Waals surface area contributed by atoms with E-state index in [0.29, 0.717) is 0 Å². The molecule has 5 aliphatic rings. The molecule has 1 aromatic heterocycles. The van der Waals surface area contributed by atoms with Gasteiger partial charge in [-0.1, -0.05) is 214 Å². The monoisotopic (exact) mass is 891 g/mol. The van der Waals surface area contributed by atoms with E-state index in [1.165, 1.54) is 136 Å². The number of unbranched alkanes of at least 4 members (excludes halogenated alkanes) is 1. The van der Waals surface area contributed by atoms with Gasteiger partial charge in [-0.25, -0.2) is 0 Å². The Kier molecular flexibility index (Phi) is 8.38. The predicted octanol–water partition coefficient (Wildman–Crippen LogP) is 16.8. The Balaban J connectivity index is 1.22. The molecule has 0 saturated carbocycles. The summed E-state index contributed by atoms with van der Waals surface area (Å²) in [5.74, 6) is -0.0124. The summed E-state index contributed by atoms with van der Waals surface area (Å²) in [5, 5.41) is 5.34. The molecule has 9 aromatic rings. The summed E-state index contributed by atoms with van der Waals surface area (Å²) in [7, 11) is 0. The minimum atomic E-state index is -0.277. The van der Waals surface area contributed by atoms with Gasteiger partial charge >= 0.3 is 6.85 Å². The normalized spacial score (nSPS) is 19.1. The maximum Gasteiger partial charge on any atom is 0.326 e. The van der Waals surface area contributed by atoms with Gasteiger partial charge in [-0.15, -0.1) is 0 Å². The van der Waals surface area contributed by atoms with Crippen LogP contribution in [-0.4, -0.2) is 11.3 Å². The number of benzene rings is 8. The Labute approximate surface area is 409 Å². The first-order valence-corrected chi connectivity index (χ1v) is 26.1. The minimum Gasteiger partial charge on any atom is -0.375 e. The van der Waals surface area contributed by atoms with Crippen LogP contribution in [0.2, 0.25) is 0 Å². The number of allylic oxidation sites excluding steroid dienone is 2. The number of aromatic nitrogens is 1. The van der Waals surface area contributed by atoms with Crippen LogP contribution in [0, 0.1) is 0 Å². The maximum atomic E-state index is 2.88.